The van der Waals surface area contributed by atoms with Gasteiger partial charge in [0.1, 0.15) is 19.8 Å². The van der Waals surface area contributed by atoms with Crippen molar-refractivity contribution in [2.24, 2.45) is 5.90 Å². The molecule has 3 N–H and O–H groups in total. The molecule has 0 amide bonds. The van der Waals surface area contributed by atoms with Gasteiger partial charge >= 0.3 is 0 Å². The Balaban J connectivity index is 2.52. The molecule has 2 rings (SSSR count). The summed E-state index contributed by atoms with van der Waals surface area (Å²) in [6.07, 6.45) is 0. The number of benzene rings is 1. The van der Waals surface area contributed by atoms with Crippen LogP contribution in [0.15, 0.2) is 6.07 Å². The largest absolute Gasteiger partial charge is 0.504 e. The van der Waals surface area contributed by atoms with Crippen molar-refractivity contribution >= 4 is 0 Å². The normalized spacial score (nSPS) is 14.0. The van der Waals surface area contributed by atoms with E-state index in [0.717, 1.165) is 6.07 Å². The number of aromatic hydroxyl groups is 1. The summed E-state index contributed by atoms with van der Waals surface area (Å²) in [7, 11) is 0. The Morgan fingerprint density at radius 1 is 1.47 bits per heavy atom. The third kappa shape index (κ3) is 1.69. The highest BCUT2D eigenvalue weighted by Crippen LogP contribution is 2.40. The first kappa shape index (κ1) is 10.0. The lowest BCUT2D eigenvalue weighted by Gasteiger charge is -2.21. The Bertz CT molecular complexity index is 383. The Kier molecular flexibility index (Phi) is 2.61. The third-order valence-electron chi connectivity index (χ3n) is 2.08. The van der Waals surface area contributed by atoms with Gasteiger partial charge in [0.25, 0.3) is 0 Å². The molecule has 0 saturated heterocycles. The van der Waals surface area contributed by atoms with E-state index in [1.165, 1.54) is 0 Å². The van der Waals surface area contributed by atoms with Gasteiger partial charge in [-0.2, -0.15) is 0 Å². The van der Waals surface area contributed by atoms with E-state index in [1.54, 1.807) is 0 Å². The monoisotopic (exact) mass is 215 g/mol. The van der Waals surface area contributed by atoms with E-state index < -0.39 is 11.6 Å². The van der Waals surface area contributed by atoms with E-state index in [4.69, 9.17) is 15.4 Å². The number of fused-ring (bicyclic) bond motifs is 1. The van der Waals surface area contributed by atoms with Gasteiger partial charge < -0.3 is 14.6 Å². The number of hydrogen-bond donors (Lipinski definition) is 2. The first-order valence-corrected chi connectivity index (χ1v) is 4.35. The van der Waals surface area contributed by atoms with Crippen molar-refractivity contribution in [1.29, 1.82) is 0 Å². The Morgan fingerprint density at radius 2 is 2.20 bits per heavy atom. The fourth-order valence-electron chi connectivity index (χ4n) is 1.43. The molecule has 0 unspecified atom stereocenters. The minimum Gasteiger partial charge on any atom is -0.504 e. The molecule has 1 heterocycles. The average molecular weight is 215 g/mol. The average Bonchev–Trinajstić information content (AvgIpc) is 2.25. The predicted molar refractivity (Wildman–Crippen MR) is 48.0 cm³/mol. The Morgan fingerprint density at radius 3 is 2.93 bits per heavy atom. The number of ether oxygens (including phenoxy) is 2. The summed E-state index contributed by atoms with van der Waals surface area (Å²) in [6, 6.07) is 1.07. The molecule has 5 nitrogen and oxygen atoms in total. The van der Waals surface area contributed by atoms with Gasteiger partial charge in [-0.25, -0.2) is 10.3 Å². The summed E-state index contributed by atoms with van der Waals surface area (Å²) in [5, 5.41) is 9.44. The summed E-state index contributed by atoms with van der Waals surface area (Å²) >= 11 is 0. The standard InChI is InChI=1S/C9H10FNO4/c10-6-3-7-9(14-2-1-13-7)5(4-15-11)8(6)12/h3,12H,1-2,4,11H2. The van der Waals surface area contributed by atoms with Crippen molar-refractivity contribution in [1.82, 2.24) is 0 Å². The van der Waals surface area contributed by atoms with Gasteiger partial charge in [-0.05, 0) is 0 Å². The van der Waals surface area contributed by atoms with Gasteiger partial charge in [0.05, 0.1) is 5.56 Å². The highest BCUT2D eigenvalue weighted by atomic mass is 19.1. The lowest BCUT2D eigenvalue weighted by atomic mass is 10.1. The molecule has 0 fully saturated rings. The summed E-state index contributed by atoms with van der Waals surface area (Å²) in [4.78, 5) is 4.37. The van der Waals surface area contributed by atoms with E-state index in [-0.39, 0.29) is 23.7 Å². The van der Waals surface area contributed by atoms with Gasteiger partial charge in [0, 0.05) is 6.07 Å². The molecule has 1 aliphatic heterocycles. The molecular formula is C9H10FNO4. The van der Waals surface area contributed by atoms with E-state index in [1.807, 2.05) is 0 Å². The smallest absolute Gasteiger partial charge is 0.170 e. The second-order valence-electron chi connectivity index (χ2n) is 3.02. The second-order valence-corrected chi connectivity index (χ2v) is 3.02. The molecule has 0 bridgehead atoms. The van der Waals surface area contributed by atoms with Crippen LogP contribution in [0, 0.1) is 5.82 Å². The van der Waals surface area contributed by atoms with Crippen LogP contribution in [0.1, 0.15) is 5.56 Å². The van der Waals surface area contributed by atoms with Crippen LogP contribution in [0.4, 0.5) is 4.39 Å². The molecule has 0 saturated carbocycles. The minimum atomic E-state index is -0.786. The van der Waals surface area contributed by atoms with Crippen LogP contribution in [-0.2, 0) is 11.4 Å². The topological polar surface area (TPSA) is 73.9 Å². The van der Waals surface area contributed by atoms with Gasteiger partial charge in [0.2, 0.25) is 0 Å². The van der Waals surface area contributed by atoms with Crippen LogP contribution in [-0.4, -0.2) is 18.3 Å². The minimum absolute atomic E-state index is 0.144. The molecular weight excluding hydrogens is 205 g/mol. The van der Waals surface area contributed by atoms with Crippen LogP contribution in [0.5, 0.6) is 17.2 Å². The molecule has 0 aromatic heterocycles. The SMILES string of the molecule is NOCc1c(O)c(F)cc2c1OCCO2. The van der Waals surface area contributed by atoms with Gasteiger partial charge in [0.15, 0.2) is 23.1 Å². The highest BCUT2D eigenvalue weighted by molar-refractivity contribution is 5.54. The van der Waals surface area contributed by atoms with Crippen LogP contribution in [0.3, 0.4) is 0 Å². The predicted octanol–water partition coefficient (Wildman–Crippen LogP) is 0.693. The summed E-state index contributed by atoms with van der Waals surface area (Å²) in [5.74, 6) is 4.11. The number of rotatable bonds is 2. The molecule has 1 aliphatic rings. The first-order chi connectivity index (χ1) is 7.24. The zero-order valence-corrected chi connectivity index (χ0v) is 7.83. The third-order valence-corrected chi connectivity index (χ3v) is 2.08. The lowest BCUT2D eigenvalue weighted by Crippen LogP contribution is -2.17. The summed E-state index contributed by atoms with van der Waals surface area (Å²) in [6.45, 7) is 0.547. The number of phenols is 1. The molecule has 0 aliphatic carbocycles. The summed E-state index contributed by atoms with van der Waals surface area (Å²) in [5.41, 5.74) is 0.159. The van der Waals surface area contributed by atoms with Gasteiger partial charge in [-0.15, -0.1) is 0 Å². The number of halogens is 1. The van der Waals surface area contributed by atoms with Crippen LogP contribution in [0.2, 0.25) is 0 Å². The molecule has 0 spiro atoms. The maximum absolute atomic E-state index is 13.2. The molecule has 0 radical (unpaired) electrons. The number of phenolic OH excluding ortho intramolecular Hbond substituents is 1. The Hall–Kier alpha value is -1.53. The fourth-order valence-corrected chi connectivity index (χ4v) is 1.43. The van der Waals surface area contributed by atoms with Crippen molar-refractivity contribution in [2.75, 3.05) is 13.2 Å². The van der Waals surface area contributed by atoms with E-state index in [2.05, 4.69) is 4.84 Å². The fraction of sp³-hybridized carbons (Fsp3) is 0.333. The maximum atomic E-state index is 13.2. The first-order valence-electron chi connectivity index (χ1n) is 4.35. The van der Waals surface area contributed by atoms with Crippen molar-refractivity contribution in [3.05, 3.63) is 17.4 Å². The van der Waals surface area contributed by atoms with E-state index in [0.29, 0.717) is 13.2 Å². The summed E-state index contributed by atoms with van der Waals surface area (Å²) < 4.78 is 23.6. The molecule has 6 heteroatoms. The van der Waals surface area contributed by atoms with E-state index in [9.17, 15) is 9.50 Å². The molecule has 15 heavy (non-hydrogen) atoms. The number of hydrogen-bond acceptors (Lipinski definition) is 5. The zero-order chi connectivity index (χ0) is 10.8. The van der Waals surface area contributed by atoms with Crippen LogP contribution in [0.25, 0.3) is 0 Å². The van der Waals surface area contributed by atoms with Crippen molar-refractivity contribution in [3.63, 3.8) is 0 Å². The van der Waals surface area contributed by atoms with Crippen molar-refractivity contribution in [3.8, 4) is 17.2 Å². The lowest BCUT2D eigenvalue weighted by molar-refractivity contribution is 0.112. The van der Waals surface area contributed by atoms with Gasteiger partial charge in [-0.1, -0.05) is 0 Å². The number of nitrogens with two attached hydrogens (primary N) is 1. The van der Waals surface area contributed by atoms with E-state index >= 15 is 0 Å². The second kappa shape index (κ2) is 3.92. The Labute approximate surface area is 85.1 Å². The van der Waals surface area contributed by atoms with Crippen LogP contribution >= 0.6 is 0 Å². The van der Waals surface area contributed by atoms with Crippen molar-refractivity contribution < 1.29 is 23.8 Å². The van der Waals surface area contributed by atoms with Crippen molar-refractivity contribution in [2.45, 2.75) is 6.61 Å². The maximum Gasteiger partial charge on any atom is 0.170 e. The molecule has 1 aromatic carbocycles. The molecule has 1 aromatic rings. The quantitative estimate of drug-likeness (QED) is 0.710. The molecule has 0 atom stereocenters. The molecule has 82 valence electrons. The van der Waals surface area contributed by atoms with Gasteiger partial charge in [-0.3, -0.25) is 4.84 Å². The highest BCUT2D eigenvalue weighted by Gasteiger charge is 2.22. The zero-order valence-electron chi connectivity index (χ0n) is 7.83. The van der Waals surface area contributed by atoms with Crippen LogP contribution < -0.4 is 15.4 Å².